The van der Waals surface area contributed by atoms with Crippen LogP contribution in [0, 0.1) is 16.0 Å². The van der Waals surface area contributed by atoms with Gasteiger partial charge < -0.3 is 4.74 Å². The molecule has 2 amide bonds. The Morgan fingerprint density at radius 1 is 1.16 bits per heavy atom. The molecule has 2 aromatic carbocycles. The monoisotopic (exact) mass is 442 g/mol. The molecule has 0 aliphatic carbocycles. The van der Waals surface area contributed by atoms with Crippen molar-refractivity contribution in [2.45, 2.75) is 13.0 Å². The van der Waals surface area contributed by atoms with Gasteiger partial charge in [-0.25, -0.2) is 9.69 Å². The highest BCUT2D eigenvalue weighted by atomic mass is 35.5. The number of anilines is 2. The Labute approximate surface area is 180 Å². The molecule has 0 aromatic heterocycles. The maximum atomic E-state index is 13.3. The summed E-state index contributed by atoms with van der Waals surface area (Å²) in [5, 5.41) is 17.4. The number of imide groups is 1. The zero-order valence-corrected chi connectivity index (χ0v) is 16.9. The van der Waals surface area contributed by atoms with Gasteiger partial charge in [0, 0.05) is 11.1 Å². The lowest BCUT2D eigenvalue weighted by molar-refractivity contribution is -0.384. The number of nitro groups is 1. The maximum absolute atomic E-state index is 13.3. The first-order valence-electron chi connectivity index (χ1n) is 9.26. The molecule has 0 N–H and O–H groups in total. The standard InChI is InChI=1S/C20H15ClN4O6/c1-2-31-20(28)16-15-17(24(22-16)12-9-7-11(21)8-10-12)19(27)23(18(15)26)13-5-3-4-6-14(13)25(29)30/h3-10,15,17H,2H2,1H3/t15-,17+/m1/s1. The van der Waals surface area contributed by atoms with E-state index in [1.54, 1.807) is 31.2 Å². The number of para-hydroxylation sites is 2. The van der Waals surface area contributed by atoms with Gasteiger partial charge in [0.1, 0.15) is 17.6 Å². The number of esters is 1. The largest absolute Gasteiger partial charge is 0.461 e. The summed E-state index contributed by atoms with van der Waals surface area (Å²) in [6.07, 6.45) is 0. The van der Waals surface area contributed by atoms with Crippen LogP contribution in [0.15, 0.2) is 53.6 Å². The molecule has 0 radical (unpaired) electrons. The third-order valence-electron chi connectivity index (χ3n) is 4.94. The predicted octanol–water partition coefficient (Wildman–Crippen LogP) is 2.55. The summed E-state index contributed by atoms with van der Waals surface area (Å²) < 4.78 is 5.02. The van der Waals surface area contributed by atoms with Crippen molar-refractivity contribution in [2.75, 3.05) is 16.5 Å². The maximum Gasteiger partial charge on any atom is 0.355 e. The van der Waals surface area contributed by atoms with Gasteiger partial charge in [0.2, 0.25) is 5.91 Å². The zero-order valence-electron chi connectivity index (χ0n) is 16.1. The average Bonchev–Trinajstić information content (AvgIpc) is 3.26. The smallest absolute Gasteiger partial charge is 0.355 e. The number of amides is 2. The summed E-state index contributed by atoms with van der Waals surface area (Å²) in [6.45, 7) is 1.65. The number of halogens is 1. The number of ether oxygens (including phenoxy) is 1. The Balaban J connectivity index is 1.82. The minimum Gasteiger partial charge on any atom is -0.461 e. The fraction of sp³-hybridized carbons (Fsp3) is 0.200. The molecule has 0 saturated carbocycles. The molecular formula is C20H15ClN4O6. The van der Waals surface area contributed by atoms with E-state index in [1.807, 2.05) is 0 Å². The van der Waals surface area contributed by atoms with Crippen LogP contribution in [-0.2, 0) is 19.1 Å². The lowest BCUT2D eigenvalue weighted by Crippen LogP contribution is -2.39. The van der Waals surface area contributed by atoms with Gasteiger partial charge in [0.05, 0.1) is 17.2 Å². The Morgan fingerprint density at radius 3 is 2.48 bits per heavy atom. The molecular weight excluding hydrogens is 428 g/mol. The minimum atomic E-state index is -1.26. The summed E-state index contributed by atoms with van der Waals surface area (Å²) in [5.74, 6) is -3.61. The fourth-order valence-corrected chi connectivity index (χ4v) is 3.77. The van der Waals surface area contributed by atoms with Crippen molar-refractivity contribution >= 4 is 52.2 Å². The number of carbonyl (C=O) groups excluding carboxylic acids is 3. The molecule has 31 heavy (non-hydrogen) atoms. The topological polar surface area (TPSA) is 122 Å². The highest BCUT2D eigenvalue weighted by molar-refractivity contribution is 6.47. The molecule has 2 aromatic rings. The van der Waals surface area contributed by atoms with Gasteiger partial charge in [-0.05, 0) is 37.3 Å². The molecule has 1 fully saturated rings. The number of benzene rings is 2. The van der Waals surface area contributed by atoms with E-state index in [9.17, 15) is 24.5 Å². The first-order chi connectivity index (χ1) is 14.8. The number of rotatable bonds is 5. The van der Waals surface area contributed by atoms with Crippen molar-refractivity contribution in [2.24, 2.45) is 11.0 Å². The van der Waals surface area contributed by atoms with Gasteiger partial charge in [0.25, 0.3) is 11.6 Å². The SMILES string of the molecule is CCOC(=O)C1=NN(c2ccc(Cl)cc2)[C@@H]2C(=O)N(c3ccccc3[N+](=O)[O-])C(=O)[C@H]12. The highest BCUT2D eigenvalue weighted by Gasteiger charge is 2.59. The van der Waals surface area contributed by atoms with Gasteiger partial charge in [-0.1, -0.05) is 23.7 Å². The number of nitro benzene ring substituents is 1. The molecule has 0 spiro atoms. The quantitative estimate of drug-likeness (QED) is 0.302. The van der Waals surface area contributed by atoms with E-state index in [0.717, 1.165) is 4.90 Å². The van der Waals surface area contributed by atoms with Gasteiger partial charge in [-0.3, -0.25) is 24.7 Å². The van der Waals surface area contributed by atoms with Crippen LogP contribution in [0.5, 0.6) is 0 Å². The minimum absolute atomic E-state index is 0.0478. The fourth-order valence-electron chi connectivity index (χ4n) is 3.64. The number of fused-ring (bicyclic) bond motifs is 1. The van der Waals surface area contributed by atoms with E-state index >= 15 is 0 Å². The number of hydrazone groups is 1. The average molecular weight is 443 g/mol. The Bertz CT molecular complexity index is 1130. The van der Waals surface area contributed by atoms with Crippen LogP contribution >= 0.6 is 11.6 Å². The molecule has 1 saturated heterocycles. The van der Waals surface area contributed by atoms with E-state index in [2.05, 4.69) is 5.10 Å². The summed E-state index contributed by atoms with van der Waals surface area (Å²) in [4.78, 5) is 50.6. The second kappa shape index (κ2) is 7.80. The van der Waals surface area contributed by atoms with Gasteiger partial charge in [-0.2, -0.15) is 5.10 Å². The van der Waals surface area contributed by atoms with Gasteiger partial charge in [0.15, 0.2) is 5.71 Å². The summed E-state index contributed by atoms with van der Waals surface area (Å²) >= 11 is 5.93. The highest BCUT2D eigenvalue weighted by Crippen LogP contribution is 2.40. The number of hydrogen-bond donors (Lipinski definition) is 0. The van der Waals surface area contributed by atoms with E-state index < -0.39 is 40.4 Å². The van der Waals surface area contributed by atoms with Crippen molar-refractivity contribution in [3.63, 3.8) is 0 Å². The van der Waals surface area contributed by atoms with Gasteiger partial charge >= 0.3 is 5.97 Å². The molecule has 2 heterocycles. The molecule has 0 unspecified atom stereocenters. The van der Waals surface area contributed by atoms with Crippen molar-refractivity contribution in [1.29, 1.82) is 0 Å². The first-order valence-corrected chi connectivity index (χ1v) is 9.64. The lowest BCUT2D eigenvalue weighted by atomic mass is 9.98. The van der Waals surface area contributed by atoms with Crippen LogP contribution in [0.4, 0.5) is 17.1 Å². The van der Waals surface area contributed by atoms with Crippen molar-refractivity contribution < 1.29 is 24.0 Å². The van der Waals surface area contributed by atoms with Crippen LogP contribution in [-0.4, -0.2) is 41.1 Å². The van der Waals surface area contributed by atoms with Crippen molar-refractivity contribution in [1.82, 2.24) is 0 Å². The second-order valence-electron chi connectivity index (χ2n) is 6.71. The third kappa shape index (κ3) is 3.30. The van der Waals surface area contributed by atoms with Crippen LogP contribution in [0.1, 0.15) is 6.92 Å². The Hall–Kier alpha value is -3.79. The second-order valence-corrected chi connectivity index (χ2v) is 7.14. The molecule has 0 bridgehead atoms. The summed E-state index contributed by atoms with van der Waals surface area (Å²) in [6, 6.07) is 10.5. The van der Waals surface area contributed by atoms with Crippen LogP contribution < -0.4 is 9.91 Å². The van der Waals surface area contributed by atoms with E-state index in [4.69, 9.17) is 16.3 Å². The molecule has 11 heteroatoms. The van der Waals surface area contributed by atoms with E-state index in [-0.39, 0.29) is 18.0 Å². The number of hydrogen-bond acceptors (Lipinski definition) is 8. The van der Waals surface area contributed by atoms with Crippen LogP contribution in [0.2, 0.25) is 5.02 Å². The number of carbonyl (C=O) groups is 3. The first kappa shape index (κ1) is 20.5. The normalized spacial score (nSPS) is 20.0. The number of nitrogens with zero attached hydrogens (tertiary/aromatic N) is 4. The zero-order chi connectivity index (χ0) is 22.3. The Morgan fingerprint density at radius 2 is 1.84 bits per heavy atom. The Kier molecular flexibility index (Phi) is 5.15. The van der Waals surface area contributed by atoms with Gasteiger partial charge in [-0.15, -0.1) is 0 Å². The molecule has 4 rings (SSSR count). The summed E-state index contributed by atoms with van der Waals surface area (Å²) in [5.41, 5.74) is -0.390. The predicted molar refractivity (Wildman–Crippen MR) is 111 cm³/mol. The van der Waals surface area contributed by atoms with Crippen molar-refractivity contribution in [3.8, 4) is 0 Å². The van der Waals surface area contributed by atoms with Crippen LogP contribution in [0.25, 0.3) is 0 Å². The van der Waals surface area contributed by atoms with Crippen LogP contribution in [0.3, 0.4) is 0 Å². The molecule has 10 nitrogen and oxygen atoms in total. The molecule has 2 atom stereocenters. The lowest BCUT2D eigenvalue weighted by Gasteiger charge is -2.22. The summed E-state index contributed by atoms with van der Waals surface area (Å²) in [7, 11) is 0. The molecule has 2 aliphatic heterocycles. The molecule has 2 aliphatic rings. The molecule has 158 valence electrons. The third-order valence-corrected chi connectivity index (χ3v) is 5.20. The van der Waals surface area contributed by atoms with E-state index in [0.29, 0.717) is 10.7 Å². The van der Waals surface area contributed by atoms with E-state index in [1.165, 1.54) is 29.3 Å². The van der Waals surface area contributed by atoms with Crippen molar-refractivity contribution in [3.05, 3.63) is 63.7 Å².